The summed E-state index contributed by atoms with van der Waals surface area (Å²) in [6.07, 6.45) is 0.464. The average molecular weight is 488 g/mol. The van der Waals surface area contributed by atoms with E-state index in [-0.39, 0.29) is 29.1 Å². The summed E-state index contributed by atoms with van der Waals surface area (Å²) in [5.74, 6) is 0.517. The number of hydrogen-bond acceptors (Lipinski definition) is 6. The van der Waals surface area contributed by atoms with Crippen LogP contribution in [0.25, 0.3) is 0 Å². The second-order valence-corrected chi connectivity index (χ2v) is 11.5. The first-order valence-corrected chi connectivity index (χ1v) is 13.4. The predicted molar refractivity (Wildman–Crippen MR) is 130 cm³/mol. The van der Waals surface area contributed by atoms with Crippen LogP contribution in [-0.4, -0.2) is 70.1 Å². The Kier molecular flexibility index (Phi) is 7.60. The third-order valence-electron chi connectivity index (χ3n) is 6.66. The van der Waals surface area contributed by atoms with E-state index in [1.165, 1.54) is 0 Å². The zero-order valence-electron chi connectivity index (χ0n) is 20.0. The number of hydrogen-bond donors (Lipinski definition) is 0. The molecule has 34 heavy (non-hydrogen) atoms. The third-order valence-corrected chi connectivity index (χ3v) is 8.88. The Hall–Kier alpha value is -2.42. The van der Waals surface area contributed by atoms with Crippen molar-refractivity contribution in [3.63, 3.8) is 0 Å². The van der Waals surface area contributed by atoms with Crippen LogP contribution < -0.4 is 4.74 Å². The Labute approximate surface area is 201 Å². The van der Waals surface area contributed by atoms with Crippen LogP contribution in [0.15, 0.2) is 42.5 Å². The van der Waals surface area contributed by atoms with Crippen LogP contribution >= 0.6 is 0 Å². The molecule has 0 spiro atoms. The number of ether oxygens (including phenoxy) is 3. The van der Waals surface area contributed by atoms with Gasteiger partial charge in [0.25, 0.3) is 5.91 Å². The van der Waals surface area contributed by atoms with Gasteiger partial charge in [-0.2, -0.15) is 0 Å². The molecular formula is C26H33NO6S. The quantitative estimate of drug-likeness (QED) is 0.596. The lowest BCUT2D eigenvalue weighted by Crippen LogP contribution is -2.32. The van der Waals surface area contributed by atoms with Gasteiger partial charge in [-0.25, -0.2) is 8.42 Å². The molecule has 8 heteroatoms. The Morgan fingerprint density at radius 3 is 2.53 bits per heavy atom. The number of likely N-dealkylation sites (tertiary alicyclic amines) is 1. The van der Waals surface area contributed by atoms with Crippen molar-refractivity contribution in [1.82, 2.24) is 4.90 Å². The summed E-state index contributed by atoms with van der Waals surface area (Å²) in [5.41, 5.74) is 3.36. The predicted octanol–water partition coefficient (Wildman–Crippen LogP) is 3.32. The van der Waals surface area contributed by atoms with Crippen LogP contribution in [0.4, 0.5) is 0 Å². The molecule has 2 aromatic carbocycles. The van der Waals surface area contributed by atoms with Crippen LogP contribution in [0.3, 0.4) is 0 Å². The molecule has 7 nitrogen and oxygen atoms in total. The van der Waals surface area contributed by atoms with Gasteiger partial charge in [-0.3, -0.25) is 4.79 Å². The lowest BCUT2D eigenvalue weighted by atomic mass is 10.0. The van der Waals surface area contributed by atoms with E-state index in [0.29, 0.717) is 56.0 Å². The highest BCUT2D eigenvalue weighted by atomic mass is 32.2. The lowest BCUT2D eigenvalue weighted by molar-refractivity contribution is 0.0339. The Balaban J connectivity index is 1.45. The minimum absolute atomic E-state index is 0.0233. The molecule has 2 fully saturated rings. The third kappa shape index (κ3) is 5.62. The number of nitrogens with zero attached hydrogens (tertiary/aromatic N) is 1. The van der Waals surface area contributed by atoms with E-state index < -0.39 is 9.84 Å². The average Bonchev–Trinajstić information content (AvgIpc) is 3.23. The molecule has 0 radical (unpaired) electrons. The van der Waals surface area contributed by atoms with Crippen molar-refractivity contribution in [3.05, 3.63) is 64.7 Å². The largest absolute Gasteiger partial charge is 0.486 e. The van der Waals surface area contributed by atoms with Crippen molar-refractivity contribution in [3.8, 4) is 5.75 Å². The topological polar surface area (TPSA) is 82.1 Å². The maximum Gasteiger partial charge on any atom is 0.254 e. The molecule has 2 aromatic rings. The van der Waals surface area contributed by atoms with Gasteiger partial charge in [-0.1, -0.05) is 29.8 Å². The smallest absolute Gasteiger partial charge is 0.254 e. The molecule has 0 bridgehead atoms. The first kappa shape index (κ1) is 24.7. The second kappa shape index (κ2) is 10.5. The van der Waals surface area contributed by atoms with E-state index in [4.69, 9.17) is 14.2 Å². The highest BCUT2D eigenvalue weighted by Crippen LogP contribution is 2.26. The van der Waals surface area contributed by atoms with Crippen LogP contribution in [0.5, 0.6) is 5.75 Å². The van der Waals surface area contributed by atoms with Gasteiger partial charge in [-0.05, 0) is 56.0 Å². The van der Waals surface area contributed by atoms with Gasteiger partial charge in [0, 0.05) is 25.9 Å². The summed E-state index contributed by atoms with van der Waals surface area (Å²) in [4.78, 5) is 14.9. The number of benzene rings is 2. The van der Waals surface area contributed by atoms with Gasteiger partial charge in [0.15, 0.2) is 9.84 Å². The molecule has 0 aromatic heterocycles. The fourth-order valence-electron chi connectivity index (χ4n) is 4.65. The minimum atomic E-state index is -3.27. The van der Waals surface area contributed by atoms with E-state index >= 15 is 0 Å². The molecule has 184 valence electrons. The van der Waals surface area contributed by atoms with Gasteiger partial charge in [0.1, 0.15) is 18.0 Å². The molecule has 0 unspecified atom stereocenters. The fourth-order valence-corrected chi connectivity index (χ4v) is 6.45. The van der Waals surface area contributed by atoms with Gasteiger partial charge < -0.3 is 19.1 Å². The summed E-state index contributed by atoms with van der Waals surface area (Å²) in [7, 11) is -1.65. The summed E-state index contributed by atoms with van der Waals surface area (Å²) < 4.78 is 42.9. The standard InChI is InChI=1S/C26H33NO6S/c1-18-7-8-19(2)23(13-18)26(28)27-15-24(31-3)25(16-27)33-21-6-4-5-20(14-21)17-34(29,30)22-9-11-32-12-10-22/h4-8,13-14,22,24-25H,9-12,15-17H2,1-3H3/t24-,25-/m1/s1. The molecule has 0 saturated carbocycles. The molecule has 4 rings (SSSR count). The zero-order valence-corrected chi connectivity index (χ0v) is 20.8. The maximum absolute atomic E-state index is 13.2. The van der Waals surface area contributed by atoms with Gasteiger partial charge in [0.2, 0.25) is 0 Å². The lowest BCUT2D eigenvalue weighted by Gasteiger charge is -2.22. The van der Waals surface area contributed by atoms with Crippen molar-refractivity contribution in [2.75, 3.05) is 33.4 Å². The highest BCUT2D eigenvalue weighted by molar-refractivity contribution is 7.91. The molecule has 2 atom stereocenters. The summed E-state index contributed by atoms with van der Waals surface area (Å²) in [6, 6.07) is 13.1. The van der Waals surface area contributed by atoms with Crippen molar-refractivity contribution in [2.45, 2.75) is 49.9 Å². The normalized spacial score (nSPS) is 21.6. The SMILES string of the molecule is CO[C@@H]1CN(C(=O)c2cc(C)ccc2C)C[C@H]1Oc1cccc(CS(=O)(=O)C2CCOCC2)c1. The first-order valence-electron chi connectivity index (χ1n) is 11.7. The molecule has 2 aliphatic rings. The van der Waals surface area contributed by atoms with Crippen molar-refractivity contribution < 1.29 is 27.4 Å². The molecule has 0 N–H and O–H groups in total. The number of amides is 1. The molecule has 1 amide bonds. The molecule has 2 heterocycles. The Morgan fingerprint density at radius 2 is 1.79 bits per heavy atom. The minimum Gasteiger partial charge on any atom is -0.486 e. The molecule has 0 aliphatic carbocycles. The van der Waals surface area contributed by atoms with E-state index in [1.807, 2.05) is 44.2 Å². The second-order valence-electron chi connectivity index (χ2n) is 9.23. The number of carbonyl (C=O) groups is 1. The summed E-state index contributed by atoms with van der Waals surface area (Å²) in [6.45, 7) is 5.72. The number of rotatable bonds is 7. The van der Waals surface area contributed by atoms with Gasteiger partial charge in [-0.15, -0.1) is 0 Å². The van der Waals surface area contributed by atoms with Crippen molar-refractivity contribution >= 4 is 15.7 Å². The molecular weight excluding hydrogens is 454 g/mol. The monoisotopic (exact) mass is 487 g/mol. The van der Waals surface area contributed by atoms with Gasteiger partial charge in [0.05, 0.1) is 24.1 Å². The van der Waals surface area contributed by atoms with E-state index in [9.17, 15) is 13.2 Å². The number of carbonyl (C=O) groups excluding carboxylic acids is 1. The first-order chi connectivity index (χ1) is 16.3. The van der Waals surface area contributed by atoms with E-state index in [2.05, 4.69) is 0 Å². The maximum atomic E-state index is 13.2. The van der Waals surface area contributed by atoms with E-state index in [1.54, 1.807) is 24.1 Å². The van der Waals surface area contributed by atoms with Crippen molar-refractivity contribution in [2.24, 2.45) is 0 Å². The van der Waals surface area contributed by atoms with Crippen LogP contribution in [0.1, 0.15) is 39.9 Å². The van der Waals surface area contributed by atoms with Gasteiger partial charge >= 0.3 is 0 Å². The highest BCUT2D eigenvalue weighted by Gasteiger charge is 2.38. The van der Waals surface area contributed by atoms with Crippen LogP contribution in [0, 0.1) is 13.8 Å². The zero-order chi connectivity index (χ0) is 24.3. The Morgan fingerprint density at radius 1 is 1.06 bits per heavy atom. The van der Waals surface area contributed by atoms with Crippen LogP contribution in [0.2, 0.25) is 0 Å². The van der Waals surface area contributed by atoms with E-state index in [0.717, 1.165) is 11.1 Å². The summed E-state index contributed by atoms with van der Waals surface area (Å²) in [5, 5.41) is -0.358. The van der Waals surface area contributed by atoms with Crippen LogP contribution in [-0.2, 0) is 25.1 Å². The fraction of sp³-hybridized carbons (Fsp3) is 0.500. The number of methoxy groups -OCH3 is 1. The molecule has 2 saturated heterocycles. The van der Waals surface area contributed by atoms with Crippen molar-refractivity contribution in [1.29, 1.82) is 0 Å². The summed E-state index contributed by atoms with van der Waals surface area (Å²) >= 11 is 0. The Bertz CT molecular complexity index is 1130. The number of aryl methyl sites for hydroxylation is 2. The number of sulfone groups is 1. The molecule has 2 aliphatic heterocycles.